The summed E-state index contributed by atoms with van der Waals surface area (Å²) in [5, 5.41) is 3.61. The summed E-state index contributed by atoms with van der Waals surface area (Å²) in [5.74, 6) is -0.140. The average Bonchev–Trinajstić information content (AvgIpc) is 2.95. The van der Waals surface area contributed by atoms with E-state index in [4.69, 9.17) is 0 Å². The van der Waals surface area contributed by atoms with E-state index < -0.39 is 0 Å². The number of amides is 1. The number of benzene rings is 1. The molecule has 0 bridgehead atoms. The van der Waals surface area contributed by atoms with Gasteiger partial charge in [-0.3, -0.25) is 14.5 Å². The summed E-state index contributed by atoms with van der Waals surface area (Å²) in [6.45, 7) is 10.0. The van der Waals surface area contributed by atoms with E-state index in [2.05, 4.69) is 36.2 Å². The summed E-state index contributed by atoms with van der Waals surface area (Å²) in [7, 11) is 3.81. The van der Waals surface area contributed by atoms with E-state index in [-0.39, 0.29) is 11.9 Å². The maximum absolute atomic E-state index is 13.5. The molecule has 0 spiro atoms. The van der Waals surface area contributed by atoms with Gasteiger partial charge in [0, 0.05) is 43.2 Å². The van der Waals surface area contributed by atoms with Crippen LogP contribution in [0.5, 0.6) is 0 Å². The first-order valence-corrected chi connectivity index (χ1v) is 10.8. The molecule has 2 aliphatic rings. The Morgan fingerprint density at radius 2 is 1.84 bits per heavy atom. The lowest BCUT2D eigenvalue weighted by atomic mass is 9.91. The molecule has 1 saturated carbocycles. The van der Waals surface area contributed by atoms with Crippen LogP contribution < -0.4 is 5.32 Å². The van der Waals surface area contributed by atoms with E-state index in [1.54, 1.807) is 17.9 Å². The minimum Gasteiger partial charge on any atom is -0.386 e. The molecule has 1 atom stereocenters. The molecule has 1 aliphatic heterocycles. The number of nitrogens with zero attached hydrogens (tertiary/aromatic N) is 2. The molecule has 3 rings (SSSR count). The first-order chi connectivity index (χ1) is 14.7. The van der Waals surface area contributed by atoms with Crippen molar-refractivity contribution in [2.24, 2.45) is 0 Å². The Morgan fingerprint density at radius 3 is 2.35 bits per heavy atom. The van der Waals surface area contributed by atoms with Crippen LogP contribution in [0.15, 0.2) is 71.2 Å². The summed E-state index contributed by atoms with van der Waals surface area (Å²) >= 11 is 0. The van der Waals surface area contributed by atoms with Crippen molar-refractivity contribution in [3.63, 3.8) is 0 Å². The maximum Gasteiger partial charge on any atom is 0.259 e. The standard InChI is InChI=1S/C26H33N3O2/c1-17-10-12-21(13-11-17)25-24(20(4)27-22-8-7-9-22)19(3)26(31)29(25)23(15-28(5)6)14-18(2)16-30/h10-16,22,25,27H,3,7-9H2,1-2,4-6H3/b18-14-,23-15+,24-20+. The molecule has 1 aliphatic carbocycles. The fraction of sp³-hybridized carbons (Fsp3) is 0.385. The van der Waals surface area contributed by atoms with Gasteiger partial charge < -0.3 is 10.2 Å². The van der Waals surface area contributed by atoms with Crippen LogP contribution >= 0.6 is 0 Å². The first-order valence-electron chi connectivity index (χ1n) is 10.8. The molecule has 0 aromatic heterocycles. The zero-order valence-electron chi connectivity index (χ0n) is 19.2. The number of allylic oxidation sites excluding steroid dienone is 3. The van der Waals surface area contributed by atoms with Crippen LogP contribution in [-0.2, 0) is 9.59 Å². The summed E-state index contributed by atoms with van der Waals surface area (Å²) in [4.78, 5) is 28.5. The molecule has 1 saturated heterocycles. The highest BCUT2D eigenvalue weighted by Crippen LogP contribution is 2.44. The molecule has 1 aromatic carbocycles. The highest BCUT2D eigenvalue weighted by Gasteiger charge is 2.42. The van der Waals surface area contributed by atoms with Crippen LogP contribution in [0.4, 0.5) is 0 Å². The number of rotatable bonds is 7. The Morgan fingerprint density at radius 1 is 1.19 bits per heavy atom. The number of carbonyl (C=O) groups excluding carboxylic acids is 2. The van der Waals surface area contributed by atoms with Crippen LogP contribution in [0.25, 0.3) is 0 Å². The van der Waals surface area contributed by atoms with Crippen LogP contribution in [-0.4, -0.2) is 42.1 Å². The summed E-state index contributed by atoms with van der Waals surface area (Å²) in [5.41, 5.74) is 5.81. The van der Waals surface area contributed by atoms with Gasteiger partial charge in [0.05, 0.1) is 11.7 Å². The molecule has 1 amide bonds. The van der Waals surface area contributed by atoms with Gasteiger partial charge >= 0.3 is 0 Å². The van der Waals surface area contributed by atoms with Crippen molar-refractivity contribution in [2.45, 2.75) is 52.1 Å². The number of hydrogen-bond acceptors (Lipinski definition) is 4. The molecule has 31 heavy (non-hydrogen) atoms. The van der Waals surface area contributed by atoms with Crippen LogP contribution in [0.2, 0.25) is 0 Å². The van der Waals surface area contributed by atoms with E-state index in [0.29, 0.717) is 22.9 Å². The van der Waals surface area contributed by atoms with Crippen molar-refractivity contribution >= 4 is 12.2 Å². The van der Waals surface area contributed by atoms with Gasteiger partial charge in [-0.25, -0.2) is 0 Å². The quantitative estimate of drug-likeness (QED) is 0.404. The zero-order valence-corrected chi connectivity index (χ0v) is 19.2. The van der Waals surface area contributed by atoms with Crippen molar-refractivity contribution in [3.8, 4) is 0 Å². The van der Waals surface area contributed by atoms with Gasteiger partial charge in [0.25, 0.3) is 5.91 Å². The highest BCUT2D eigenvalue weighted by atomic mass is 16.2. The largest absolute Gasteiger partial charge is 0.386 e. The van der Waals surface area contributed by atoms with E-state index in [9.17, 15) is 9.59 Å². The normalized spacial score (nSPS) is 21.8. The molecule has 1 N–H and O–H groups in total. The fourth-order valence-corrected chi connectivity index (χ4v) is 4.07. The van der Waals surface area contributed by atoms with Crippen molar-refractivity contribution in [1.82, 2.24) is 15.1 Å². The molecular formula is C26H33N3O2. The second-order valence-corrected chi connectivity index (χ2v) is 8.80. The topological polar surface area (TPSA) is 52.7 Å². The lowest BCUT2D eigenvalue weighted by molar-refractivity contribution is -0.124. The Kier molecular flexibility index (Phi) is 6.84. The van der Waals surface area contributed by atoms with E-state index in [0.717, 1.165) is 41.5 Å². The minimum absolute atomic E-state index is 0.140. The molecule has 1 heterocycles. The number of aldehydes is 1. The zero-order chi connectivity index (χ0) is 22.7. The Labute approximate surface area is 185 Å². The molecule has 2 fully saturated rings. The molecule has 1 unspecified atom stereocenters. The third-order valence-electron chi connectivity index (χ3n) is 5.89. The first kappa shape index (κ1) is 22.6. The number of likely N-dealkylation sites (tertiary alicyclic amines) is 1. The van der Waals surface area contributed by atoms with Gasteiger partial charge in [0.15, 0.2) is 0 Å². The van der Waals surface area contributed by atoms with E-state index in [1.807, 2.05) is 39.0 Å². The average molecular weight is 420 g/mol. The Balaban J connectivity index is 2.18. The molecule has 1 aromatic rings. The number of hydrogen-bond donors (Lipinski definition) is 1. The van der Waals surface area contributed by atoms with Gasteiger partial charge in [-0.2, -0.15) is 0 Å². The summed E-state index contributed by atoms with van der Waals surface area (Å²) in [6.07, 6.45) is 7.97. The number of aryl methyl sites for hydroxylation is 1. The molecule has 5 heteroatoms. The minimum atomic E-state index is -0.310. The van der Waals surface area contributed by atoms with Crippen molar-refractivity contribution < 1.29 is 9.59 Å². The van der Waals surface area contributed by atoms with Crippen molar-refractivity contribution in [3.05, 3.63) is 82.4 Å². The molecule has 0 radical (unpaired) electrons. The second-order valence-electron chi connectivity index (χ2n) is 8.80. The SMILES string of the molecule is C=C1C(=O)N(C(/C=C(/C)C=O)=C/N(C)C)C(c2ccc(C)cc2)/C1=C(\C)NC1CCC1. The molecule has 5 nitrogen and oxygen atoms in total. The van der Waals surface area contributed by atoms with Crippen molar-refractivity contribution in [2.75, 3.05) is 14.1 Å². The Hall–Kier alpha value is -3.08. The van der Waals surface area contributed by atoms with Gasteiger partial charge in [0.2, 0.25) is 0 Å². The predicted octanol–water partition coefficient (Wildman–Crippen LogP) is 4.40. The highest BCUT2D eigenvalue weighted by molar-refractivity contribution is 6.03. The summed E-state index contributed by atoms with van der Waals surface area (Å²) < 4.78 is 0. The Bertz CT molecular complexity index is 963. The lowest BCUT2D eigenvalue weighted by Gasteiger charge is -2.31. The van der Waals surface area contributed by atoms with Crippen LogP contribution in [0.3, 0.4) is 0 Å². The monoisotopic (exact) mass is 419 g/mol. The smallest absolute Gasteiger partial charge is 0.259 e. The van der Waals surface area contributed by atoms with Crippen LogP contribution in [0, 0.1) is 6.92 Å². The van der Waals surface area contributed by atoms with Gasteiger partial charge in [0.1, 0.15) is 6.29 Å². The van der Waals surface area contributed by atoms with Gasteiger partial charge in [-0.15, -0.1) is 0 Å². The third-order valence-corrected chi connectivity index (χ3v) is 5.89. The van der Waals surface area contributed by atoms with E-state index in [1.165, 1.54) is 6.42 Å². The number of carbonyl (C=O) groups is 2. The van der Waals surface area contributed by atoms with Crippen LogP contribution in [0.1, 0.15) is 50.3 Å². The number of nitrogens with one attached hydrogen (secondary N) is 1. The fourth-order valence-electron chi connectivity index (χ4n) is 4.07. The molecular weight excluding hydrogens is 386 g/mol. The molecule has 164 valence electrons. The third kappa shape index (κ3) is 4.82. The van der Waals surface area contributed by atoms with E-state index >= 15 is 0 Å². The maximum atomic E-state index is 13.5. The van der Waals surface area contributed by atoms with Gasteiger partial charge in [-0.05, 0) is 57.2 Å². The second kappa shape index (κ2) is 9.38. The summed E-state index contributed by atoms with van der Waals surface area (Å²) in [6, 6.07) is 8.41. The van der Waals surface area contributed by atoms with Gasteiger partial charge in [-0.1, -0.05) is 36.4 Å². The lowest BCUT2D eigenvalue weighted by Crippen LogP contribution is -2.35. The predicted molar refractivity (Wildman–Crippen MR) is 125 cm³/mol. The van der Waals surface area contributed by atoms with Crippen molar-refractivity contribution in [1.29, 1.82) is 0 Å².